The van der Waals surface area contributed by atoms with Crippen molar-refractivity contribution in [2.45, 2.75) is 25.2 Å². The average molecular weight is 316 g/mol. The van der Waals surface area contributed by atoms with E-state index in [1.165, 1.54) is 30.3 Å². The highest BCUT2D eigenvalue weighted by Gasteiger charge is 2.25. The zero-order valence-electron chi connectivity index (χ0n) is 11.5. The molecule has 0 bridgehead atoms. The van der Waals surface area contributed by atoms with Crippen molar-refractivity contribution in [3.8, 4) is 11.5 Å². The molecule has 1 aliphatic rings. The van der Waals surface area contributed by atoms with Crippen LogP contribution in [0.3, 0.4) is 0 Å². The highest BCUT2D eigenvalue weighted by molar-refractivity contribution is 8.15. The van der Waals surface area contributed by atoms with E-state index in [2.05, 4.69) is 9.84 Å². The van der Waals surface area contributed by atoms with Crippen LogP contribution in [0.4, 0.5) is 19.3 Å². The molecule has 1 atom stereocenters. The summed E-state index contributed by atoms with van der Waals surface area (Å²) in [6.07, 6.45) is 2.49. The molecule has 8 heteroatoms. The van der Waals surface area contributed by atoms with Crippen LogP contribution in [0.5, 0.6) is 11.5 Å². The monoisotopic (exact) mass is 316 g/mol. The van der Waals surface area contributed by atoms with Crippen LogP contribution in [-0.4, -0.2) is 30.4 Å². The van der Waals surface area contributed by atoms with Gasteiger partial charge in [0.05, 0.1) is 18.0 Å². The number of rotatable bonds is 5. The standard InChI is InChI=1S/C13H14F2N2O3S/c1-3-9-7-16-17(13(18)21-9)8-4-5-10(20-12(14)15)11(6-8)19-2/h4-7,9,12H,3H2,1-2H3. The predicted molar refractivity (Wildman–Crippen MR) is 77.7 cm³/mol. The number of hydrogen-bond acceptors (Lipinski definition) is 5. The molecule has 0 saturated heterocycles. The van der Waals surface area contributed by atoms with Gasteiger partial charge in [0.15, 0.2) is 11.5 Å². The fourth-order valence-electron chi connectivity index (χ4n) is 1.74. The van der Waals surface area contributed by atoms with Gasteiger partial charge in [0, 0.05) is 12.3 Å². The second-order valence-electron chi connectivity index (χ2n) is 4.12. The first-order chi connectivity index (χ1) is 10.0. The molecule has 0 aromatic heterocycles. The number of methoxy groups -OCH3 is 1. The fourth-order valence-corrected chi connectivity index (χ4v) is 2.53. The summed E-state index contributed by atoms with van der Waals surface area (Å²) < 4.78 is 33.9. The molecule has 114 valence electrons. The first-order valence-corrected chi connectivity index (χ1v) is 7.10. The number of carbonyl (C=O) groups is 1. The van der Waals surface area contributed by atoms with Crippen LogP contribution >= 0.6 is 11.8 Å². The van der Waals surface area contributed by atoms with E-state index < -0.39 is 6.61 Å². The average Bonchev–Trinajstić information content (AvgIpc) is 2.47. The molecule has 5 nitrogen and oxygen atoms in total. The van der Waals surface area contributed by atoms with E-state index in [-0.39, 0.29) is 22.0 Å². The zero-order valence-corrected chi connectivity index (χ0v) is 12.3. The van der Waals surface area contributed by atoms with Gasteiger partial charge in [-0.25, -0.2) is 0 Å². The van der Waals surface area contributed by atoms with Gasteiger partial charge in [-0.05, 0) is 18.6 Å². The summed E-state index contributed by atoms with van der Waals surface area (Å²) >= 11 is 1.16. The Morgan fingerprint density at radius 2 is 2.19 bits per heavy atom. The van der Waals surface area contributed by atoms with Crippen LogP contribution in [0.15, 0.2) is 23.3 Å². The number of carbonyl (C=O) groups excluding carboxylic acids is 1. The Labute approximate surface area is 124 Å². The Hall–Kier alpha value is -1.83. The molecule has 0 aliphatic carbocycles. The van der Waals surface area contributed by atoms with Gasteiger partial charge in [-0.1, -0.05) is 18.7 Å². The topological polar surface area (TPSA) is 51.1 Å². The van der Waals surface area contributed by atoms with Gasteiger partial charge in [0.1, 0.15) is 0 Å². The second-order valence-corrected chi connectivity index (χ2v) is 5.31. The van der Waals surface area contributed by atoms with E-state index in [1.54, 1.807) is 6.21 Å². The van der Waals surface area contributed by atoms with Crippen molar-refractivity contribution in [1.29, 1.82) is 0 Å². The Kier molecular flexibility index (Phi) is 5.00. The van der Waals surface area contributed by atoms with Crippen molar-refractivity contribution >= 4 is 28.9 Å². The van der Waals surface area contributed by atoms with Crippen LogP contribution in [0, 0.1) is 0 Å². The molecule has 0 N–H and O–H groups in total. The summed E-state index contributed by atoms with van der Waals surface area (Å²) in [5, 5.41) is 5.12. The van der Waals surface area contributed by atoms with Gasteiger partial charge in [-0.2, -0.15) is 18.9 Å². The third-order valence-electron chi connectivity index (χ3n) is 2.78. The number of amides is 1. The third kappa shape index (κ3) is 3.63. The molecule has 0 radical (unpaired) electrons. The number of thioether (sulfide) groups is 1. The maximum atomic E-state index is 12.3. The number of ether oxygens (including phenoxy) is 2. The van der Waals surface area contributed by atoms with Crippen LogP contribution in [0.2, 0.25) is 0 Å². The van der Waals surface area contributed by atoms with Crippen LogP contribution < -0.4 is 14.5 Å². The minimum atomic E-state index is -2.94. The van der Waals surface area contributed by atoms with Crippen molar-refractivity contribution in [3.63, 3.8) is 0 Å². The molecule has 1 amide bonds. The Morgan fingerprint density at radius 3 is 2.76 bits per heavy atom. The van der Waals surface area contributed by atoms with Crippen LogP contribution in [0.1, 0.15) is 13.3 Å². The maximum absolute atomic E-state index is 12.3. The minimum absolute atomic E-state index is 0.0529. The number of benzene rings is 1. The lowest BCUT2D eigenvalue weighted by Gasteiger charge is -2.23. The predicted octanol–water partition coefficient (Wildman–Crippen LogP) is 3.73. The molecule has 0 saturated carbocycles. The number of anilines is 1. The van der Waals surface area contributed by atoms with Gasteiger partial charge in [0.2, 0.25) is 0 Å². The van der Waals surface area contributed by atoms with E-state index in [0.29, 0.717) is 5.69 Å². The van der Waals surface area contributed by atoms with E-state index in [0.717, 1.165) is 18.2 Å². The molecular formula is C13H14F2N2O3S. The minimum Gasteiger partial charge on any atom is -0.493 e. The maximum Gasteiger partial charge on any atom is 0.387 e. The van der Waals surface area contributed by atoms with Gasteiger partial charge < -0.3 is 9.47 Å². The summed E-state index contributed by atoms with van der Waals surface area (Å²) in [5.74, 6) is 0.0159. The Balaban J connectivity index is 2.27. The summed E-state index contributed by atoms with van der Waals surface area (Å²) in [6.45, 7) is -0.980. The number of alkyl halides is 2. The summed E-state index contributed by atoms with van der Waals surface area (Å²) in [7, 11) is 1.33. The first kappa shape index (κ1) is 15.6. The molecule has 1 heterocycles. The normalized spacial score (nSPS) is 18.2. The van der Waals surface area contributed by atoms with Crippen LogP contribution in [0.25, 0.3) is 0 Å². The highest BCUT2D eigenvalue weighted by Crippen LogP contribution is 2.35. The van der Waals surface area contributed by atoms with Gasteiger partial charge in [0.25, 0.3) is 0 Å². The molecule has 0 fully saturated rings. The van der Waals surface area contributed by atoms with Crippen molar-refractivity contribution < 1.29 is 23.0 Å². The van der Waals surface area contributed by atoms with Crippen molar-refractivity contribution in [2.75, 3.05) is 12.1 Å². The number of halogens is 2. The number of hydrogen-bond donors (Lipinski definition) is 0. The lowest BCUT2D eigenvalue weighted by atomic mass is 10.2. The molecule has 2 rings (SSSR count). The SMILES string of the molecule is CCC1C=NN(c2ccc(OC(F)F)c(OC)c2)C(=O)S1. The smallest absolute Gasteiger partial charge is 0.387 e. The molecule has 0 spiro atoms. The van der Waals surface area contributed by atoms with Crippen molar-refractivity contribution in [1.82, 2.24) is 0 Å². The molecule has 1 unspecified atom stereocenters. The van der Waals surface area contributed by atoms with E-state index in [9.17, 15) is 13.6 Å². The molecular weight excluding hydrogens is 302 g/mol. The number of hydrazone groups is 1. The van der Waals surface area contributed by atoms with Crippen molar-refractivity contribution in [2.24, 2.45) is 5.10 Å². The molecule has 1 aromatic carbocycles. The summed E-state index contributed by atoms with van der Waals surface area (Å²) in [4.78, 5) is 12.0. The van der Waals surface area contributed by atoms with Crippen LogP contribution in [-0.2, 0) is 0 Å². The first-order valence-electron chi connectivity index (χ1n) is 6.22. The summed E-state index contributed by atoms with van der Waals surface area (Å²) in [6, 6.07) is 4.22. The van der Waals surface area contributed by atoms with Gasteiger partial charge in [-0.3, -0.25) is 4.79 Å². The second kappa shape index (κ2) is 6.75. The largest absolute Gasteiger partial charge is 0.493 e. The van der Waals surface area contributed by atoms with Gasteiger partial charge >= 0.3 is 11.9 Å². The lowest BCUT2D eigenvalue weighted by molar-refractivity contribution is -0.0512. The highest BCUT2D eigenvalue weighted by atomic mass is 32.2. The van der Waals surface area contributed by atoms with E-state index >= 15 is 0 Å². The molecule has 1 aliphatic heterocycles. The van der Waals surface area contributed by atoms with Crippen molar-refractivity contribution in [3.05, 3.63) is 18.2 Å². The van der Waals surface area contributed by atoms with E-state index in [1.807, 2.05) is 6.92 Å². The Bertz CT molecular complexity index is 554. The Morgan fingerprint density at radius 1 is 1.43 bits per heavy atom. The molecule has 1 aromatic rings. The third-order valence-corrected chi connectivity index (χ3v) is 3.92. The lowest BCUT2D eigenvalue weighted by Crippen LogP contribution is -2.29. The quantitative estimate of drug-likeness (QED) is 0.830. The van der Waals surface area contributed by atoms with E-state index in [4.69, 9.17) is 4.74 Å². The zero-order chi connectivity index (χ0) is 15.4. The summed E-state index contributed by atoms with van der Waals surface area (Å²) in [5.41, 5.74) is 0.428. The molecule has 21 heavy (non-hydrogen) atoms. The van der Waals surface area contributed by atoms with Gasteiger partial charge in [-0.15, -0.1) is 0 Å². The fraction of sp³-hybridized carbons (Fsp3) is 0.385. The number of nitrogens with zero attached hydrogens (tertiary/aromatic N) is 2.